The van der Waals surface area contributed by atoms with Crippen LogP contribution in [0, 0.1) is 11.8 Å². The third kappa shape index (κ3) is 6.51. The third-order valence-electron chi connectivity index (χ3n) is 2.86. The first-order valence-corrected chi connectivity index (χ1v) is 6.68. The van der Waals surface area contributed by atoms with Crippen LogP contribution in [0.1, 0.15) is 33.6 Å². The summed E-state index contributed by atoms with van der Waals surface area (Å²) in [7, 11) is 1.82. The van der Waals surface area contributed by atoms with Gasteiger partial charge in [0, 0.05) is 32.8 Å². The molecule has 2 atom stereocenters. The Morgan fingerprint density at radius 1 is 1.47 bits per heavy atom. The van der Waals surface area contributed by atoms with Crippen molar-refractivity contribution in [1.29, 1.82) is 0 Å². The minimum atomic E-state index is 0.619. The number of hydrogen-bond acceptors (Lipinski definition) is 2. The van der Waals surface area contributed by atoms with Crippen molar-refractivity contribution in [3.05, 3.63) is 0 Å². The highest BCUT2D eigenvalue weighted by molar-refractivity contribution is 5.80. The summed E-state index contributed by atoms with van der Waals surface area (Å²) in [5.74, 6) is 2.33. The topological polar surface area (TPSA) is 45.7 Å². The molecule has 1 saturated carbocycles. The predicted octanol–water partition coefficient (Wildman–Crippen LogP) is 1.62. The summed E-state index contributed by atoms with van der Waals surface area (Å²) in [6.07, 6.45) is 2.28. The van der Waals surface area contributed by atoms with Crippen LogP contribution in [0.15, 0.2) is 4.99 Å². The summed E-state index contributed by atoms with van der Waals surface area (Å²) in [4.78, 5) is 4.20. The van der Waals surface area contributed by atoms with Crippen molar-refractivity contribution in [2.75, 3.05) is 26.8 Å². The number of nitrogens with zero attached hydrogens (tertiary/aromatic N) is 1. The lowest BCUT2D eigenvalue weighted by Gasteiger charge is -2.11. The third-order valence-corrected chi connectivity index (χ3v) is 2.86. The van der Waals surface area contributed by atoms with Crippen LogP contribution in [-0.4, -0.2) is 38.8 Å². The van der Waals surface area contributed by atoms with Crippen molar-refractivity contribution in [2.45, 2.75) is 39.7 Å². The van der Waals surface area contributed by atoms with Crippen LogP contribution in [0.25, 0.3) is 0 Å². The first-order valence-electron chi connectivity index (χ1n) is 6.68. The summed E-state index contributed by atoms with van der Waals surface area (Å²) in [6, 6.07) is 0.624. The van der Waals surface area contributed by atoms with Gasteiger partial charge in [-0.05, 0) is 24.7 Å². The van der Waals surface area contributed by atoms with Crippen molar-refractivity contribution in [3.63, 3.8) is 0 Å². The summed E-state index contributed by atoms with van der Waals surface area (Å²) < 4.78 is 5.52. The molecule has 100 valence electrons. The molecular weight excluding hydrogens is 214 g/mol. The first kappa shape index (κ1) is 14.3. The Hall–Kier alpha value is -0.770. The molecule has 17 heavy (non-hydrogen) atoms. The van der Waals surface area contributed by atoms with Gasteiger partial charge in [-0.2, -0.15) is 0 Å². The van der Waals surface area contributed by atoms with Crippen LogP contribution in [0.3, 0.4) is 0 Å². The molecule has 4 heteroatoms. The van der Waals surface area contributed by atoms with E-state index < -0.39 is 0 Å². The first-order chi connectivity index (χ1) is 8.13. The highest BCUT2D eigenvalue weighted by Gasteiger charge is 2.32. The fourth-order valence-electron chi connectivity index (χ4n) is 1.59. The maximum atomic E-state index is 5.52. The molecule has 0 spiro atoms. The predicted molar refractivity (Wildman–Crippen MR) is 72.3 cm³/mol. The SMILES string of the molecule is CN=C(NCCCOCC(C)C)N[C@@H]1C[C@@H]1C. The zero-order valence-electron chi connectivity index (χ0n) is 11.6. The summed E-state index contributed by atoms with van der Waals surface area (Å²) in [5, 5.41) is 6.71. The van der Waals surface area contributed by atoms with Crippen molar-refractivity contribution in [2.24, 2.45) is 16.8 Å². The number of hydrogen-bond donors (Lipinski definition) is 2. The van der Waals surface area contributed by atoms with Gasteiger partial charge in [-0.1, -0.05) is 20.8 Å². The number of ether oxygens (including phenoxy) is 1. The molecule has 0 saturated heterocycles. The molecule has 0 radical (unpaired) electrons. The Balaban J connectivity index is 1.96. The average molecular weight is 241 g/mol. The lowest BCUT2D eigenvalue weighted by Crippen LogP contribution is -2.39. The van der Waals surface area contributed by atoms with Crippen LogP contribution in [0.2, 0.25) is 0 Å². The summed E-state index contributed by atoms with van der Waals surface area (Å²) in [6.45, 7) is 9.18. The van der Waals surface area contributed by atoms with E-state index in [1.54, 1.807) is 0 Å². The van der Waals surface area contributed by atoms with Gasteiger partial charge in [0.05, 0.1) is 0 Å². The van der Waals surface area contributed by atoms with Crippen LogP contribution in [0.5, 0.6) is 0 Å². The van der Waals surface area contributed by atoms with E-state index >= 15 is 0 Å². The van der Waals surface area contributed by atoms with Crippen molar-refractivity contribution >= 4 is 5.96 Å². The van der Waals surface area contributed by atoms with Gasteiger partial charge in [0.25, 0.3) is 0 Å². The Bertz CT molecular complexity index is 241. The van der Waals surface area contributed by atoms with Gasteiger partial charge in [-0.3, -0.25) is 4.99 Å². The molecule has 0 bridgehead atoms. The molecule has 1 fully saturated rings. The monoisotopic (exact) mass is 241 g/mol. The van der Waals surface area contributed by atoms with E-state index in [0.29, 0.717) is 12.0 Å². The maximum absolute atomic E-state index is 5.52. The molecule has 1 rings (SSSR count). The standard InChI is InChI=1S/C13H27N3O/c1-10(2)9-17-7-5-6-15-13(14-4)16-12-8-11(12)3/h10-12H,5-9H2,1-4H3,(H2,14,15,16)/t11-,12+/m0/s1. The number of aliphatic imine (C=N–C) groups is 1. The van der Waals surface area contributed by atoms with E-state index in [1.807, 2.05) is 7.05 Å². The molecule has 0 aliphatic heterocycles. The number of guanidine groups is 1. The molecule has 0 amide bonds. The molecule has 0 heterocycles. The van der Waals surface area contributed by atoms with E-state index in [0.717, 1.165) is 38.1 Å². The second kappa shape index (κ2) is 7.54. The zero-order chi connectivity index (χ0) is 12.7. The van der Waals surface area contributed by atoms with Crippen LogP contribution >= 0.6 is 0 Å². The molecule has 0 aromatic carbocycles. The normalized spacial score (nSPS) is 23.9. The van der Waals surface area contributed by atoms with E-state index in [-0.39, 0.29) is 0 Å². The maximum Gasteiger partial charge on any atom is 0.191 e. The van der Waals surface area contributed by atoms with Crippen molar-refractivity contribution in [3.8, 4) is 0 Å². The highest BCUT2D eigenvalue weighted by atomic mass is 16.5. The van der Waals surface area contributed by atoms with Crippen molar-refractivity contribution < 1.29 is 4.74 Å². The van der Waals surface area contributed by atoms with E-state index in [4.69, 9.17) is 4.74 Å². The zero-order valence-corrected chi connectivity index (χ0v) is 11.6. The smallest absolute Gasteiger partial charge is 0.191 e. The molecule has 1 aliphatic carbocycles. The van der Waals surface area contributed by atoms with Gasteiger partial charge < -0.3 is 15.4 Å². The highest BCUT2D eigenvalue weighted by Crippen LogP contribution is 2.28. The summed E-state index contributed by atoms with van der Waals surface area (Å²) >= 11 is 0. The lowest BCUT2D eigenvalue weighted by atomic mass is 10.2. The van der Waals surface area contributed by atoms with Gasteiger partial charge >= 0.3 is 0 Å². The second-order valence-electron chi connectivity index (χ2n) is 5.29. The molecule has 2 N–H and O–H groups in total. The molecule has 0 aromatic heterocycles. The minimum absolute atomic E-state index is 0.619. The van der Waals surface area contributed by atoms with Gasteiger partial charge in [0.1, 0.15) is 0 Å². The van der Waals surface area contributed by atoms with Gasteiger partial charge in [-0.15, -0.1) is 0 Å². The fourth-order valence-corrected chi connectivity index (χ4v) is 1.59. The van der Waals surface area contributed by atoms with E-state index in [1.165, 1.54) is 6.42 Å². The number of rotatable bonds is 7. The second-order valence-corrected chi connectivity index (χ2v) is 5.29. The van der Waals surface area contributed by atoms with Gasteiger partial charge in [0.15, 0.2) is 5.96 Å². The Morgan fingerprint density at radius 3 is 2.71 bits per heavy atom. The van der Waals surface area contributed by atoms with Gasteiger partial charge in [0.2, 0.25) is 0 Å². The molecule has 0 unspecified atom stereocenters. The molecule has 0 aromatic rings. The van der Waals surface area contributed by atoms with Crippen LogP contribution in [0.4, 0.5) is 0 Å². The lowest BCUT2D eigenvalue weighted by molar-refractivity contribution is 0.108. The Kier molecular flexibility index (Phi) is 6.34. The quantitative estimate of drug-likeness (QED) is 0.404. The van der Waals surface area contributed by atoms with Crippen LogP contribution < -0.4 is 10.6 Å². The molecule has 1 aliphatic rings. The fraction of sp³-hybridized carbons (Fsp3) is 0.923. The summed E-state index contributed by atoms with van der Waals surface area (Å²) in [5.41, 5.74) is 0. The molecular formula is C13H27N3O. The van der Waals surface area contributed by atoms with Gasteiger partial charge in [-0.25, -0.2) is 0 Å². The largest absolute Gasteiger partial charge is 0.381 e. The molecule has 4 nitrogen and oxygen atoms in total. The Labute approximate surface area is 105 Å². The van der Waals surface area contributed by atoms with E-state index in [9.17, 15) is 0 Å². The minimum Gasteiger partial charge on any atom is -0.381 e. The number of nitrogens with one attached hydrogen (secondary N) is 2. The van der Waals surface area contributed by atoms with E-state index in [2.05, 4.69) is 36.4 Å². The Morgan fingerprint density at radius 2 is 2.18 bits per heavy atom. The van der Waals surface area contributed by atoms with Crippen molar-refractivity contribution in [1.82, 2.24) is 10.6 Å². The average Bonchev–Trinajstić information content (AvgIpc) is 2.97. The van der Waals surface area contributed by atoms with Crippen LogP contribution in [-0.2, 0) is 4.74 Å².